The second kappa shape index (κ2) is 9.04. The van der Waals surface area contributed by atoms with E-state index in [9.17, 15) is 0 Å². The number of rotatable bonds is 4. The highest BCUT2D eigenvalue weighted by Gasteiger charge is 2.15. The Hall–Kier alpha value is -4.99. The summed E-state index contributed by atoms with van der Waals surface area (Å²) in [6.07, 6.45) is 0. The van der Waals surface area contributed by atoms with Gasteiger partial charge in [0.2, 0.25) is 0 Å². The number of nitrogens with zero attached hydrogens (tertiary/aromatic N) is 2. The van der Waals surface area contributed by atoms with Gasteiger partial charge in [0, 0.05) is 44.4 Å². The van der Waals surface area contributed by atoms with Crippen LogP contribution in [-0.2, 0) is 0 Å². The molecule has 2 aromatic heterocycles. The summed E-state index contributed by atoms with van der Waals surface area (Å²) >= 11 is 6.68. The summed E-state index contributed by atoms with van der Waals surface area (Å²) in [6, 6.07) is 48.1. The van der Waals surface area contributed by atoms with Crippen molar-refractivity contribution < 1.29 is 4.74 Å². The predicted molar refractivity (Wildman–Crippen MR) is 167 cm³/mol. The molecule has 4 heteroatoms. The number of fused-ring (bicyclic) bond motifs is 6. The molecule has 8 rings (SSSR count). The minimum absolute atomic E-state index is 0.618. The first kappa shape index (κ1) is 22.9. The zero-order valence-electron chi connectivity index (χ0n) is 21.5. The van der Waals surface area contributed by atoms with Gasteiger partial charge in [0.1, 0.15) is 11.5 Å². The summed E-state index contributed by atoms with van der Waals surface area (Å²) in [5, 5.41) is 5.50. The van der Waals surface area contributed by atoms with Crippen LogP contribution >= 0.6 is 11.6 Å². The van der Waals surface area contributed by atoms with Gasteiger partial charge in [-0.3, -0.25) is 0 Å². The van der Waals surface area contributed by atoms with Crippen molar-refractivity contribution in [2.45, 2.75) is 0 Å². The van der Waals surface area contributed by atoms with Gasteiger partial charge >= 0.3 is 0 Å². The molecular weight excluding hydrogens is 512 g/mol. The van der Waals surface area contributed by atoms with E-state index in [4.69, 9.17) is 16.3 Å². The van der Waals surface area contributed by atoms with E-state index < -0.39 is 0 Å². The third-order valence-electron chi connectivity index (χ3n) is 7.59. The minimum Gasteiger partial charge on any atom is -0.457 e. The van der Waals surface area contributed by atoms with Gasteiger partial charge < -0.3 is 13.9 Å². The normalized spacial score (nSPS) is 11.6. The van der Waals surface area contributed by atoms with Gasteiger partial charge in [0.05, 0.1) is 27.8 Å². The van der Waals surface area contributed by atoms with Crippen LogP contribution in [0.25, 0.3) is 55.0 Å². The molecule has 3 nitrogen and oxygen atoms in total. The van der Waals surface area contributed by atoms with Crippen molar-refractivity contribution in [3.8, 4) is 22.9 Å². The van der Waals surface area contributed by atoms with Crippen LogP contribution in [0.4, 0.5) is 0 Å². The number of hydrogen-bond acceptors (Lipinski definition) is 1. The minimum atomic E-state index is 0.618. The molecule has 2 heterocycles. The number of ether oxygens (including phenoxy) is 1. The largest absolute Gasteiger partial charge is 0.457 e. The van der Waals surface area contributed by atoms with Crippen LogP contribution < -0.4 is 4.74 Å². The van der Waals surface area contributed by atoms with E-state index in [2.05, 4.69) is 124 Å². The third-order valence-corrected chi connectivity index (χ3v) is 7.80. The standard InChI is InChI=1S/C36H23ClN2O/c37-24-20-26(39-35-18-7-3-14-31(35)32-15-4-8-19-36(32)39)23-28(21-24)40-27-11-9-10-25(22-27)38-33-16-5-1-12-29(33)30-13-2-6-17-34(30)38/h1-23H. The van der Waals surface area contributed by atoms with Crippen molar-refractivity contribution in [2.24, 2.45) is 0 Å². The molecule has 0 saturated carbocycles. The van der Waals surface area contributed by atoms with E-state index in [0.29, 0.717) is 10.8 Å². The van der Waals surface area contributed by atoms with E-state index in [1.165, 1.54) is 21.5 Å². The highest BCUT2D eigenvalue weighted by atomic mass is 35.5. The van der Waals surface area contributed by atoms with Gasteiger partial charge in [-0.15, -0.1) is 0 Å². The van der Waals surface area contributed by atoms with Gasteiger partial charge in [0.25, 0.3) is 0 Å². The molecule has 6 aromatic carbocycles. The second-order valence-electron chi connectivity index (χ2n) is 9.98. The summed E-state index contributed by atoms with van der Waals surface area (Å²) in [4.78, 5) is 0. The van der Waals surface area contributed by atoms with Crippen LogP contribution in [0.1, 0.15) is 0 Å². The summed E-state index contributed by atoms with van der Waals surface area (Å²) in [7, 11) is 0. The first-order chi connectivity index (χ1) is 19.7. The number of hydrogen-bond donors (Lipinski definition) is 0. The lowest BCUT2D eigenvalue weighted by atomic mass is 10.2. The Bertz CT molecular complexity index is 2120. The number of aromatic nitrogens is 2. The van der Waals surface area contributed by atoms with Crippen molar-refractivity contribution in [2.75, 3.05) is 0 Å². The van der Waals surface area contributed by atoms with Crippen molar-refractivity contribution in [1.29, 1.82) is 0 Å². The fourth-order valence-electron chi connectivity index (χ4n) is 5.96. The van der Waals surface area contributed by atoms with Crippen LogP contribution in [0.15, 0.2) is 140 Å². The van der Waals surface area contributed by atoms with Crippen LogP contribution in [0.3, 0.4) is 0 Å². The van der Waals surface area contributed by atoms with Gasteiger partial charge in [-0.2, -0.15) is 0 Å². The van der Waals surface area contributed by atoms with E-state index in [1.54, 1.807) is 0 Å². The second-order valence-corrected chi connectivity index (χ2v) is 10.4. The molecule has 0 bridgehead atoms. The van der Waals surface area contributed by atoms with E-state index in [0.717, 1.165) is 39.2 Å². The van der Waals surface area contributed by atoms with E-state index >= 15 is 0 Å². The molecule has 0 aliphatic rings. The number of benzene rings is 6. The average Bonchev–Trinajstić information content (AvgIpc) is 3.50. The monoisotopic (exact) mass is 534 g/mol. The van der Waals surface area contributed by atoms with E-state index in [-0.39, 0.29) is 0 Å². The average molecular weight is 535 g/mol. The highest BCUT2D eigenvalue weighted by Crippen LogP contribution is 2.36. The fourth-order valence-corrected chi connectivity index (χ4v) is 6.18. The lowest BCUT2D eigenvalue weighted by molar-refractivity contribution is 0.482. The van der Waals surface area contributed by atoms with Crippen molar-refractivity contribution >= 4 is 55.2 Å². The fraction of sp³-hybridized carbons (Fsp3) is 0. The van der Waals surface area contributed by atoms with Gasteiger partial charge in [-0.05, 0) is 48.5 Å². The number of para-hydroxylation sites is 4. The molecule has 0 saturated heterocycles. The Balaban J connectivity index is 1.24. The van der Waals surface area contributed by atoms with Crippen molar-refractivity contribution in [3.63, 3.8) is 0 Å². The molecule has 0 spiro atoms. The third kappa shape index (κ3) is 3.59. The topological polar surface area (TPSA) is 19.1 Å². The maximum atomic E-state index is 6.68. The van der Waals surface area contributed by atoms with Crippen LogP contribution in [0, 0.1) is 0 Å². The highest BCUT2D eigenvalue weighted by molar-refractivity contribution is 6.31. The SMILES string of the molecule is Clc1cc(Oc2cccc(-n3c4ccccc4c4ccccc43)c2)cc(-n2c3ccccc3c3ccccc32)c1. The first-order valence-electron chi connectivity index (χ1n) is 13.3. The van der Waals surface area contributed by atoms with Crippen molar-refractivity contribution in [1.82, 2.24) is 9.13 Å². The van der Waals surface area contributed by atoms with Crippen LogP contribution in [0.5, 0.6) is 11.5 Å². The van der Waals surface area contributed by atoms with Crippen molar-refractivity contribution in [3.05, 3.63) is 145 Å². The Labute approximate surface area is 236 Å². The molecule has 0 aliphatic carbocycles. The quantitative estimate of drug-likeness (QED) is 0.220. The molecule has 0 amide bonds. The zero-order chi connectivity index (χ0) is 26.6. The Morgan fingerprint density at radius 2 is 0.850 bits per heavy atom. The molecule has 190 valence electrons. The zero-order valence-corrected chi connectivity index (χ0v) is 22.2. The van der Waals surface area contributed by atoms with Crippen LogP contribution in [0.2, 0.25) is 5.02 Å². The first-order valence-corrected chi connectivity index (χ1v) is 13.7. The maximum Gasteiger partial charge on any atom is 0.131 e. The molecule has 0 aliphatic heterocycles. The maximum absolute atomic E-state index is 6.68. The Morgan fingerprint density at radius 1 is 0.400 bits per heavy atom. The molecule has 0 N–H and O–H groups in total. The molecule has 0 radical (unpaired) electrons. The summed E-state index contributed by atoms with van der Waals surface area (Å²) in [6.45, 7) is 0. The number of halogens is 1. The van der Waals surface area contributed by atoms with Gasteiger partial charge in [-0.1, -0.05) is 90.5 Å². The van der Waals surface area contributed by atoms with Gasteiger partial charge in [-0.25, -0.2) is 0 Å². The van der Waals surface area contributed by atoms with E-state index in [1.807, 2.05) is 24.3 Å². The lowest BCUT2D eigenvalue weighted by Gasteiger charge is -2.13. The Kier molecular flexibility index (Phi) is 5.19. The summed E-state index contributed by atoms with van der Waals surface area (Å²) < 4.78 is 11.0. The summed E-state index contributed by atoms with van der Waals surface area (Å²) in [5.41, 5.74) is 6.59. The Morgan fingerprint density at radius 3 is 1.38 bits per heavy atom. The molecular formula is C36H23ClN2O. The van der Waals surface area contributed by atoms with Gasteiger partial charge in [0.15, 0.2) is 0 Å². The molecule has 8 aromatic rings. The predicted octanol–water partition coefficient (Wildman–Crippen LogP) is 10.3. The molecule has 0 atom stereocenters. The smallest absolute Gasteiger partial charge is 0.131 e. The molecule has 40 heavy (non-hydrogen) atoms. The molecule has 0 fully saturated rings. The van der Waals surface area contributed by atoms with Crippen LogP contribution in [-0.4, -0.2) is 9.13 Å². The summed E-state index contributed by atoms with van der Waals surface area (Å²) in [5.74, 6) is 1.43. The lowest BCUT2D eigenvalue weighted by Crippen LogP contribution is -1.96. The molecule has 0 unspecified atom stereocenters.